The van der Waals surface area contributed by atoms with Gasteiger partial charge in [-0.05, 0) is 150 Å². The van der Waals surface area contributed by atoms with Gasteiger partial charge in [-0.15, -0.1) is 88.5 Å². The first kappa shape index (κ1) is 70.3. The number of rotatable bonds is 17. The molecule has 3 aromatic heterocycles. The predicted octanol–water partition coefficient (Wildman–Crippen LogP) is 20.3. The van der Waals surface area contributed by atoms with Crippen molar-refractivity contribution in [3.05, 3.63) is 229 Å². The van der Waals surface area contributed by atoms with E-state index in [4.69, 9.17) is 23.1 Å². The van der Waals surface area contributed by atoms with Crippen LogP contribution in [0.3, 0.4) is 0 Å². The summed E-state index contributed by atoms with van der Waals surface area (Å²) >= 11 is 0. The number of unbranched alkanes of at least 4 members (excludes halogenated alkanes) is 3. The molecule has 0 aliphatic heterocycles. The molecule has 3 heterocycles. The predicted molar refractivity (Wildman–Crippen MR) is 339 cm³/mol. The Labute approximate surface area is 544 Å². The Morgan fingerprint density at radius 1 is 0.524 bits per heavy atom. The zero-order valence-electron chi connectivity index (χ0n) is 51.7. The quantitative estimate of drug-likeness (QED) is 0.0854. The molecule has 84 heavy (non-hydrogen) atoms. The Morgan fingerprint density at radius 3 is 1.49 bits per heavy atom. The molecular weight excluding hydrogens is 1560 g/mol. The Morgan fingerprint density at radius 2 is 1.01 bits per heavy atom. The van der Waals surface area contributed by atoms with Crippen LogP contribution in [-0.2, 0) is 79.6 Å². The second kappa shape index (κ2) is 33.5. The molecule has 0 saturated carbocycles. The fraction of sp³-hybridized carbons (Fsp3) is 0.338. The van der Waals surface area contributed by atoms with Crippen molar-refractivity contribution in [2.75, 3.05) is 0 Å². The number of hydrogen-bond acceptors (Lipinski definition) is 3. The number of pyridine rings is 1. The molecule has 0 N–H and O–H groups in total. The maximum atomic E-state index is 7.44. The third kappa shape index (κ3) is 17.9. The molecule has 0 aliphatic rings. The Hall–Kier alpha value is -6.18. The summed E-state index contributed by atoms with van der Waals surface area (Å²) in [5.74, 6) is 2.23. The van der Waals surface area contributed by atoms with Crippen LogP contribution in [0.15, 0.2) is 116 Å². The zero-order valence-corrected chi connectivity index (χ0v) is 58.9. The van der Waals surface area contributed by atoms with Crippen molar-refractivity contribution in [1.29, 1.82) is 0 Å². The first-order valence-corrected chi connectivity index (χ1v) is 29.2. The van der Waals surface area contributed by atoms with E-state index in [0.717, 1.165) is 89.4 Å². The van der Waals surface area contributed by atoms with Gasteiger partial charge in [-0.25, -0.2) is 0 Å². The van der Waals surface area contributed by atoms with Crippen molar-refractivity contribution in [2.24, 2.45) is 0 Å². The first-order valence-electron chi connectivity index (χ1n) is 29.2. The van der Waals surface area contributed by atoms with Crippen LogP contribution in [0, 0.1) is 93.7 Å². The summed E-state index contributed by atoms with van der Waals surface area (Å²) < 4.78 is 4.46. The van der Waals surface area contributed by atoms with E-state index in [1.807, 2.05) is 30.5 Å². The molecule has 443 valence electrons. The van der Waals surface area contributed by atoms with Gasteiger partial charge in [-0.3, -0.25) is 19.7 Å². The molecule has 0 spiro atoms. The molecule has 0 fully saturated rings. The Bertz CT molecular complexity index is 3630. The fourth-order valence-electron chi connectivity index (χ4n) is 11.1. The van der Waals surface area contributed by atoms with Gasteiger partial charge in [0.2, 0.25) is 0 Å². The normalized spacial score (nSPS) is 10.9. The van der Waals surface area contributed by atoms with E-state index in [1.165, 1.54) is 104 Å². The van der Waals surface area contributed by atoms with Crippen LogP contribution < -0.4 is 0 Å². The van der Waals surface area contributed by atoms with Gasteiger partial charge in [-0.1, -0.05) is 132 Å². The molecule has 1 unspecified atom stereocenters. The van der Waals surface area contributed by atoms with Gasteiger partial charge in [0, 0.05) is 102 Å². The maximum Gasteiger partial charge on any atom is 0.109 e. The summed E-state index contributed by atoms with van der Waals surface area (Å²) in [6, 6.07) is 43.7. The van der Waals surface area contributed by atoms with Crippen molar-refractivity contribution in [3.8, 4) is 56.5 Å². The zero-order chi connectivity index (χ0) is 58.3. The SMILES string of the molecule is CCCCc1c[c-]c(-c2nc(CCCC)cn2-c2c(C)cc(C)cc2C)cc1.[C-]#[N+]c1cc(-c2cc(-c3c(C)cc(C)cc3C)ccn2)[c-]c(C(C)CC)c1.[C-]#[N+]c1cc[c-]c(-c2nc(CCCC)cn2-c2c(C)cc(C)cc2C)c1.[Ir].[Ir].[Ir]. The van der Waals surface area contributed by atoms with E-state index in [0.29, 0.717) is 17.3 Å². The van der Waals surface area contributed by atoms with Crippen LogP contribution in [-0.4, -0.2) is 24.1 Å². The first-order chi connectivity index (χ1) is 39.0. The number of aryl methyl sites for hydroxylation is 12. The molecule has 6 aromatic carbocycles. The van der Waals surface area contributed by atoms with Crippen LogP contribution in [0.4, 0.5) is 11.4 Å². The molecular formula is C74H82Ir3N7-3. The molecule has 0 saturated heterocycles. The van der Waals surface area contributed by atoms with Crippen LogP contribution in [0.5, 0.6) is 0 Å². The van der Waals surface area contributed by atoms with Crippen molar-refractivity contribution >= 4 is 11.4 Å². The average molecular weight is 1650 g/mol. The minimum absolute atomic E-state index is 0. The largest absolute Gasteiger partial charge is 0.339 e. The summed E-state index contributed by atoms with van der Waals surface area (Å²) in [5, 5.41) is 0. The van der Waals surface area contributed by atoms with E-state index >= 15 is 0 Å². The van der Waals surface area contributed by atoms with Gasteiger partial charge >= 0.3 is 0 Å². The van der Waals surface area contributed by atoms with Gasteiger partial charge in [0.05, 0.1) is 24.8 Å². The monoisotopic (exact) mass is 1650 g/mol. The van der Waals surface area contributed by atoms with Gasteiger partial charge < -0.3 is 14.1 Å². The van der Waals surface area contributed by atoms with Crippen molar-refractivity contribution in [1.82, 2.24) is 24.1 Å². The number of aromatic nitrogens is 5. The summed E-state index contributed by atoms with van der Waals surface area (Å²) in [6.45, 7) is 45.1. The van der Waals surface area contributed by atoms with Gasteiger partial charge in [0.25, 0.3) is 0 Å². The summed E-state index contributed by atoms with van der Waals surface area (Å²) in [5.41, 5.74) is 25.9. The molecule has 0 amide bonds. The Kier molecular flexibility index (Phi) is 28.0. The number of nitrogens with zero attached hydrogens (tertiary/aromatic N) is 7. The van der Waals surface area contributed by atoms with Crippen LogP contribution in [0.25, 0.3) is 66.2 Å². The smallest absolute Gasteiger partial charge is 0.109 e. The summed E-state index contributed by atoms with van der Waals surface area (Å²) in [7, 11) is 0. The van der Waals surface area contributed by atoms with Gasteiger partial charge in [-0.2, -0.15) is 6.07 Å². The van der Waals surface area contributed by atoms with Crippen LogP contribution in [0.1, 0.15) is 158 Å². The molecule has 9 rings (SSSR count). The van der Waals surface area contributed by atoms with E-state index < -0.39 is 0 Å². The number of benzene rings is 6. The maximum absolute atomic E-state index is 7.44. The van der Waals surface area contributed by atoms with Gasteiger partial charge in [0.1, 0.15) is 11.4 Å². The molecule has 7 nitrogen and oxygen atoms in total. The van der Waals surface area contributed by atoms with Crippen LogP contribution >= 0.6 is 0 Å². The van der Waals surface area contributed by atoms with Crippen LogP contribution in [0.2, 0.25) is 0 Å². The Balaban J connectivity index is 0.000000266. The van der Waals surface area contributed by atoms with E-state index in [2.05, 4.69) is 218 Å². The third-order valence-corrected chi connectivity index (χ3v) is 15.1. The van der Waals surface area contributed by atoms with Crippen molar-refractivity contribution < 1.29 is 60.3 Å². The molecule has 0 aliphatic carbocycles. The minimum atomic E-state index is 0. The van der Waals surface area contributed by atoms with Crippen molar-refractivity contribution in [3.63, 3.8) is 0 Å². The summed E-state index contributed by atoms with van der Waals surface area (Å²) in [4.78, 5) is 21.7. The minimum Gasteiger partial charge on any atom is -0.339 e. The molecule has 10 heteroatoms. The summed E-state index contributed by atoms with van der Waals surface area (Å²) in [6.07, 6.45) is 17.4. The van der Waals surface area contributed by atoms with Crippen molar-refractivity contribution in [2.45, 2.75) is 167 Å². The second-order valence-electron chi connectivity index (χ2n) is 22.2. The molecule has 1 atom stereocenters. The topological polar surface area (TPSA) is 57.2 Å². The number of hydrogen-bond donors (Lipinski definition) is 0. The van der Waals surface area contributed by atoms with E-state index in [-0.39, 0.29) is 60.3 Å². The van der Waals surface area contributed by atoms with E-state index in [1.54, 1.807) is 6.07 Å². The fourth-order valence-corrected chi connectivity index (χ4v) is 11.1. The molecule has 3 radical (unpaired) electrons. The third-order valence-electron chi connectivity index (χ3n) is 15.1. The second-order valence-corrected chi connectivity index (χ2v) is 22.2. The average Bonchev–Trinajstić information content (AvgIpc) is 4.12. The standard InChI is InChI=1S/C26H33N2.C25H25N2.C23H24N3.3Ir/c1-6-8-10-22-12-14-23(15-13-22)26-27-24(11-9-7-2)18-28(26)25-20(4)16-19(3)17-21(25)5;1-7-17(3)21-12-22(14-23(13-21)26-6)24-15-20(8-9-27-24)25-18(4)10-16(2)11-19(25)5;1-6-7-10-21-15-26(22-17(3)12-16(2)13-18(22)4)23(25-21)19-9-8-11-20(14-19)24-5;;;/h12-14,16-18H,6-11H2,1-5H3;8-11,13-15,17H,7H2,1-5H3;8,11-15H,6-7,10H2,1-4H3;;;/q3*-1;;;. The van der Waals surface area contributed by atoms with Gasteiger partial charge in [0.15, 0.2) is 0 Å². The molecule has 9 aromatic rings. The van der Waals surface area contributed by atoms with E-state index in [9.17, 15) is 0 Å². The number of imidazole rings is 2. The molecule has 0 bridgehead atoms.